The molecule has 0 spiro atoms. The first-order valence-electron chi connectivity index (χ1n) is 7.20. The number of rotatable bonds is 5. The van der Waals surface area contributed by atoms with Crippen LogP contribution in [0.5, 0.6) is 0 Å². The van der Waals surface area contributed by atoms with E-state index in [1.807, 2.05) is 18.2 Å². The van der Waals surface area contributed by atoms with Crippen molar-refractivity contribution in [1.82, 2.24) is 15.1 Å². The summed E-state index contributed by atoms with van der Waals surface area (Å²) in [5, 5.41) is 2.98. The third kappa shape index (κ3) is 5.70. The van der Waals surface area contributed by atoms with Gasteiger partial charge in [0.05, 0.1) is 0 Å². The first-order valence-corrected chi connectivity index (χ1v) is 8.78. The number of likely N-dealkylation sites (N-methyl/N-ethyl adjacent to an activating group) is 1. The summed E-state index contributed by atoms with van der Waals surface area (Å²) in [6.45, 7) is 6.30. The summed E-state index contributed by atoms with van der Waals surface area (Å²) in [6.07, 6.45) is 0.991. The third-order valence-corrected chi connectivity index (χ3v) is 4.57. The molecule has 4 nitrogen and oxygen atoms in total. The summed E-state index contributed by atoms with van der Waals surface area (Å²) in [6, 6.07) is 5.59. The van der Waals surface area contributed by atoms with E-state index >= 15 is 0 Å². The van der Waals surface area contributed by atoms with Gasteiger partial charge in [0.15, 0.2) is 0 Å². The summed E-state index contributed by atoms with van der Waals surface area (Å²) in [4.78, 5) is 16.9. The van der Waals surface area contributed by atoms with Gasteiger partial charge >= 0.3 is 0 Å². The Balaban J connectivity index is 1.69. The van der Waals surface area contributed by atoms with E-state index in [-0.39, 0.29) is 5.91 Å². The van der Waals surface area contributed by atoms with Gasteiger partial charge < -0.3 is 15.1 Å². The third-order valence-electron chi connectivity index (χ3n) is 3.66. The second-order valence-corrected chi connectivity index (χ2v) is 7.24. The van der Waals surface area contributed by atoms with Crippen molar-refractivity contribution in [2.24, 2.45) is 0 Å². The maximum absolute atomic E-state index is 12.1. The second kappa shape index (κ2) is 8.27. The van der Waals surface area contributed by atoms with Gasteiger partial charge in [-0.2, -0.15) is 0 Å². The Morgan fingerprint density at radius 1 is 1.14 bits per heavy atom. The van der Waals surface area contributed by atoms with Gasteiger partial charge in [0.2, 0.25) is 0 Å². The van der Waals surface area contributed by atoms with Gasteiger partial charge in [-0.05, 0) is 38.2 Å². The van der Waals surface area contributed by atoms with E-state index in [4.69, 9.17) is 0 Å². The number of piperazine rings is 1. The first-order chi connectivity index (χ1) is 10.0. The fourth-order valence-electron chi connectivity index (χ4n) is 2.36. The molecule has 1 aliphatic rings. The molecule has 21 heavy (non-hydrogen) atoms. The van der Waals surface area contributed by atoms with Crippen molar-refractivity contribution in [3.63, 3.8) is 0 Å². The van der Waals surface area contributed by atoms with Crippen LogP contribution in [0.2, 0.25) is 0 Å². The number of carbonyl (C=O) groups is 1. The van der Waals surface area contributed by atoms with E-state index < -0.39 is 0 Å². The highest BCUT2D eigenvalue weighted by Crippen LogP contribution is 2.19. The Hall–Kier alpha value is -0.430. The molecule has 1 aliphatic heterocycles. The molecule has 1 heterocycles. The number of nitrogens with one attached hydrogen (secondary N) is 1. The van der Waals surface area contributed by atoms with Gasteiger partial charge in [-0.25, -0.2) is 0 Å². The van der Waals surface area contributed by atoms with Crippen molar-refractivity contribution in [2.45, 2.75) is 6.42 Å². The molecule has 0 bridgehead atoms. The lowest BCUT2D eigenvalue weighted by atomic mass is 10.2. The summed E-state index contributed by atoms with van der Waals surface area (Å²) in [5.41, 5.74) is 0.677. The van der Waals surface area contributed by atoms with Gasteiger partial charge in [-0.1, -0.05) is 31.9 Å². The van der Waals surface area contributed by atoms with Gasteiger partial charge in [-0.3, -0.25) is 4.79 Å². The van der Waals surface area contributed by atoms with Crippen molar-refractivity contribution < 1.29 is 4.79 Å². The van der Waals surface area contributed by atoms with Crippen LogP contribution in [-0.2, 0) is 0 Å². The fraction of sp³-hybridized carbons (Fsp3) is 0.533. The molecule has 1 fully saturated rings. The maximum Gasteiger partial charge on any atom is 0.251 e. The summed E-state index contributed by atoms with van der Waals surface area (Å²) >= 11 is 6.80. The number of hydrogen-bond donors (Lipinski definition) is 1. The highest BCUT2D eigenvalue weighted by atomic mass is 79.9. The number of hydrogen-bond acceptors (Lipinski definition) is 3. The van der Waals surface area contributed by atoms with Crippen molar-refractivity contribution in [3.05, 3.63) is 32.7 Å². The molecule has 2 rings (SSSR count). The fourth-order valence-corrected chi connectivity index (χ4v) is 3.66. The predicted molar refractivity (Wildman–Crippen MR) is 92.7 cm³/mol. The van der Waals surface area contributed by atoms with Crippen molar-refractivity contribution in [1.29, 1.82) is 0 Å². The lowest BCUT2D eigenvalue weighted by Gasteiger charge is -2.32. The molecule has 1 saturated heterocycles. The minimum absolute atomic E-state index is 0.0182. The lowest BCUT2D eigenvalue weighted by molar-refractivity contribution is 0.0949. The van der Waals surface area contributed by atoms with Crippen LogP contribution in [-0.4, -0.2) is 62.0 Å². The van der Waals surface area contributed by atoms with Crippen LogP contribution in [0.15, 0.2) is 27.1 Å². The molecule has 0 saturated carbocycles. The molecular formula is C15H21Br2N3O. The van der Waals surface area contributed by atoms with E-state index in [2.05, 4.69) is 54.0 Å². The topological polar surface area (TPSA) is 35.6 Å². The quantitative estimate of drug-likeness (QED) is 0.746. The van der Waals surface area contributed by atoms with Crippen molar-refractivity contribution >= 4 is 37.8 Å². The molecule has 6 heteroatoms. The van der Waals surface area contributed by atoms with Crippen LogP contribution in [0.3, 0.4) is 0 Å². The number of amides is 1. The standard InChI is InChI=1S/C15H21Br2N3O/c1-19-5-7-20(8-6-19)4-2-3-18-15(21)12-9-13(16)11-14(17)10-12/h9-11H,2-8H2,1H3,(H,18,21). The zero-order valence-electron chi connectivity index (χ0n) is 12.2. The van der Waals surface area contributed by atoms with Crippen molar-refractivity contribution in [2.75, 3.05) is 46.3 Å². The molecule has 1 aromatic carbocycles. The average molecular weight is 419 g/mol. The minimum atomic E-state index is -0.0182. The molecular weight excluding hydrogens is 398 g/mol. The normalized spacial score (nSPS) is 16.9. The Kier molecular flexibility index (Phi) is 6.67. The largest absolute Gasteiger partial charge is 0.352 e. The average Bonchev–Trinajstić information content (AvgIpc) is 2.44. The van der Waals surface area contributed by atoms with E-state index in [0.717, 1.165) is 54.6 Å². The smallest absolute Gasteiger partial charge is 0.251 e. The molecule has 1 amide bonds. The highest BCUT2D eigenvalue weighted by Gasteiger charge is 2.13. The Bertz CT molecular complexity index is 468. The van der Waals surface area contributed by atoms with Crippen molar-refractivity contribution in [3.8, 4) is 0 Å². The number of nitrogens with zero attached hydrogens (tertiary/aromatic N) is 2. The number of carbonyl (C=O) groups excluding carboxylic acids is 1. The number of benzene rings is 1. The first kappa shape index (κ1) is 16.9. The number of halogens is 2. The zero-order chi connectivity index (χ0) is 15.2. The summed E-state index contributed by atoms with van der Waals surface area (Å²) < 4.78 is 1.80. The molecule has 1 N–H and O–H groups in total. The Morgan fingerprint density at radius 2 is 1.76 bits per heavy atom. The zero-order valence-corrected chi connectivity index (χ0v) is 15.4. The minimum Gasteiger partial charge on any atom is -0.352 e. The van der Waals surface area contributed by atoms with Crippen LogP contribution in [0.25, 0.3) is 0 Å². The molecule has 116 valence electrons. The van der Waals surface area contributed by atoms with E-state index in [1.165, 1.54) is 0 Å². The van der Waals surface area contributed by atoms with Gasteiger partial charge in [0.25, 0.3) is 5.91 Å². The van der Waals surface area contributed by atoms with Crippen LogP contribution >= 0.6 is 31.9 Å². The van der Waals surface area contributed by atoms with Crippen LogP contribution in [0.1, 0.15) is 16.8 Å². The Labute approximate surface area is 143 Å². The predicted octanol–water partition coefficient (Wildman–Crippen LogP) is 2.58. The van der Waals surface area contributed by atoms with Gasteiger partial charge in [-0.15, -0.1) is 0 Å². The molecule has 0 aromatic heterocycles. The van der Waals surface area contributed by atoms with Crippen LogP contribution in [0.4, 0.5) is 0 Å². The molecule has 0 aliphatic carbocycles. The molecule has 0 unspecified atom stereocenters. The Morgan fingerprint density at radius 3 is 2.38 bits per heavy atom. The van der Waals surface area contributed by atoms with E-state index in [9.17, 15) is 4.79 Å². The molecule has 0 atom stereocenters. The SMILES string of the molecule is CN1CCN(CCCNC(=O)c2cc(Br)cc(Br)c2)CC1. The molecule has 0 radical (unpaired) electrons. The van der Waals surface area contributed by atoms with Crippen LogP contribution in [0, 0.1) is 0 Å². The van der Waals surface area contributed by atoms with E-state index in [1.54, 1.807) is 0 Å². The van der Waals surface area contributed by atoms with E-state index in [0.29, 0.717) is 5.56 Å². The summed E-state index contributed by atoms with van der Waals surface area (Å²) in [5.74, 6) is -0.0182. The second-order valence-electron chi connectivity index (χ2n) is 5.41. The van der Waals surface area contributed by atoms with Gasteiger partial charge in [0.1, 0.15) is 0 Å². The van der Waals surface area contributed by atoms with Gasteiger partial charge in [0, 0.05) is 47.2 Å². The lowest BCUT2D eigenvalue weighted by Crippen LogP contribution is -2.45. The summed E-state index contributed by atoms with van der Waals surface area (Å²) in [7, 11) is 2.16. The maximum atomic E-state index is 12.1. The highest BCUT2D eigenvalue weighted by molar-refractivity contribution is 9.11. The monoisotopic (exact) mass is 417 g/mol. The van der Waals surface area contributed by atoms with Crippen LogP contribution < -0.4 is 5.32 Å². The molecule has 1 aromatic rings.